The van der Waals surface area contributed by atoms with Gasteiger partial charge in [0.05, 0.1) is 16.0 Å². The van der Waals surface area contributed by atoms with E-state index in [1.807, 2.05) is 0 Å². The second kappa shape index (κ2) is 8.74. The van der Waals surface area contributed by atoms with Gasteiger partial charge in [0.25, 0.3) is 17.1 Å². The Hall–Kier alpha value is -2.82. The number of piperidine rings is 1. The van der Waals surface area contributed by atoms with Crippen LogP contribution in [0.2, 0.25) is 0 Å². The van der Waals surface area contributed by atoms with Gasteiger partial charge >= 0.3 is 6.18 Å². The summed E-state index contributed by atoms with van der Waals surface area (Å²) in [5.41, 5.74) is 4.51. The van der Waals surface area contributed by atoms with E-state index in [0.717, 1.165) is 28.8 Å². The smallest absolute Gasteiger partial charge is 0.368 e. The lowest BCUT2D eigenvalue weighted by molar-refractivity contribution is -0.138. The number of primary amides is 1. The van der Waals surface area contributed by atoms with Crippen LogP contribution in [0, 0.1) is 0 Å². The summed E-state index contributed by atoms with van der Waals surface area (Å²) in [7, 11) is 0. The molecule has 7 nitrogen and oxygen atoms in total. The molecule has 1 atom stereocenters. The van der Waals surface area contributed by atoms with E-state index in [4.69, 9.17) is 5.73 Å². The number of benzene rings is 1. The Bertz CT molecular complexity index is 967. The standard InChI is InChI=1S/C20H20F3N3O4S/c1-2-14(16(24)27)26-18(29)15(31-19(26)30)11-7-9-25(10-8-11)17(28)12-5-3-4-6-13(12)20(21,22)23/h3-6,14H,2,7-10H2,1H3,(H2,24,27). The molecule has 2 saturated heterocycles. The highest BCUT2D eigenvalue weighted by molar-refractivity contribution is 8.18. The van der Waals surface area contributed by atoms with E-state index in [9.17, 15) is 32.3 Å². The molecule has 0 bridgehead atoms. The molecule has 166 valence electrons. The van der Waals surface area contributed by atoms with Gasteiger partial charge in [0, 0.05) is 13.1 Å². The maximum absolute atomic E-state index is 13.2. The van der Waals surface area contributed by atoms with E-state index >= 15 is 0 Å². The molecule has 0 aliphatic carbocycles. The minimum Gasteiger partial charge on any atom is -0.368 e. The van der Waals surface area contributed by atoms with Crippen LogP contribution in [0.5, 0.6) is 0 Å². The second-order valence-electron chi connectivity index (χ2n) is 7.14. The van der Waals surface area contributed by atoms with Crippen molar-refractivity contribution in [3.8, 4) is 0 Å². The number of alkyl halides is 3. The van der Waals surface area contributed by atoms with Crippen LogP contribution in [0.3, 0.4) is 0 Å². The normalized spacial score (nSPS) is 18.6. The number of hydrogen-bond acceptors (Lipinski definition) is 5. The summed E-state index contributed by atoms with van der Waals surface area (Å²) in [4.78, 5) is 51.6. The highest BCUT2D eigenvalue weighted by atomic mass is 32.2. The van der Waals surface area contributed by atoms with Gasteiger partial charge in [0.2, 0.25) is 5.91 Å². The summed E-state index contributed by atoms with van der Waals surface area (Å²) in [6.45, 7) is 1.85. The quantitative estimate of drug-likeness (QED) is 0.703. The first-order valence-electron chi connectivity index (χ1n) is 9.58. The van der Waals surface area contributed by atoms with Crippen molar-refractivity contribution in [2.45, 2.75) is 38.4 Å². The van der Waals surface area contributed by atoms with Crippen molar-refractivity contribution in [2.24, 2.45) is 5.73 Å². The number of amides is 4. The molecule has 0 spiro atoms. The summed E-state index contributed by atoms with van der Waals surface area (Å²) < 4.78 is 39.7. The zero-order valence-corrected chi connectivity index (χ0v) is 17.4. The fourth-order valence-corrected chi connectivity index (χ4v) is 4.69. The number of hydrogen-bond donors (Lipinski definition) is 1. The third-order valence-corrected chi connectivity index (χ3v) is 6.30. The molecular formula is C20H20F3N3O4S. The topological polar surface area (TPSA) is 101 Å². The first-order valence-corrected chi connectivity index (χ1v) is 10.4. The van der Waals surface area contributed by atoms with Crippen LogP contribution < -0.4 is 5.73 Å². The predicted octanol–water partition coefficient (Wildman–Crippen LogP) is 3.15. The molecule has 2 aliphatic heterocycles. The molecule has 0 saturated carbocycles. The van der Waals surface area contributed by atoms with Crippen molar-refractivity contribution in [1.29, 1.82) is 0 Å². The molecule has 1 aromatic carbocycles. The number of rotatable bonds is 4. The van der Waals surface area contributed by atoms with Gasteiger partial charge in [-0.3, -0.25) is 24.1 Å². The average Bonchev–Trinajstić information content (AvgIpc) is 3.02. The lowest BCUT2D eigenvalue weighted by Gasteiger charge is -2.30. The maximum atomic E-state index is 13.2. The third kappa shape index (κ3) is 4.46. The van der Waals surface area contributed by atoms with Gasteiger partial charge in [-0.1, -0.05) is 19.1 Å². The molecule has 0 aromatic heterocycles. The highest BCUT2D eigenvalue weighted by Crippen LogP contribution is 2.38. The molecule has 1 aromatic rings. The zero-order valence-electron chi connectivity index (χ0n) is 16.6. The van der Waals surface area contributed by atoms with Crippen LogP contribution in [0.4, 0.5) is 18.0 Å². The summed E-state index contributed by atoms with van der Waals surface area (Å²) in [5, 5.41) is -0.587. The number of thioether (sulfide) groups is 1. The van der Waals surface area contributed by atoms with E-state index in [1.54, 1.807) is 6.92 Å². The molecule has 2 N–H and O–H groups in total. The number of imide groups is 1. The van der Waals surface area contributed by atoms with Crippen LogP contribution in [0.1, 0.15) is 42.1 Å². The Morgan fingerprint density at radius 3 is 2.32 bits per heavy atom. The Kier molecular flexibility index (Phi) is 6.44. The van der Waals surface area contributed by atoms with Crippen LogP contribution in [-0.2, 0) is 15.8 Å². The minimum atomic E-state index is -4.65. The molecule has 31 heavy (non-hydrogen) atoms. The molecular weight excluding hydrogens is 435 g/mol. The Labute approximate surface area is 180 Å². The molecule has 2 heterocycles. The maximum Gasteiger partial charge on any atom is 0.417 e. The summed E-state index contributed by atoms with van der Waals surface area (Å²) in [6.07, 6.45) is -3.98. The van der Waals surface area contributed by atoms with E-state index < -0.39 is 46.3 Å². The van der Waals surface area contributed by atoms with Gasteiger partial charge < -0.3 is 10.6 Å². The SMILES string of the molecule is CCC(C(N)=O)N1C(=O)SC(=C2CCN(C(=O)c3ccccc3C(F)(F)F)CC2)C1=O. The van der Waals surface area contributed by atoms with Gasteiger partial charge in [0.15, 0.2) is 0 Å². The monoisotopic (exact) mass is 455 g/mol. The van der Waals surface area contributed by atoms with Gasteiger partial charge in [-0.05, 0) is 48.7 Å². The van der Waals surface area contributed by atoms with Crippen molar-refractivity contribution in [2.75, 3.05) is 13.1 Å². The van der Waals surface area contributed by atoms with Crippen molar-refractivity contribution in [3.63, 3.8) is 0 Å². The fraction of sp³-hybridized carbons (Fsp3) is 0.400. The van der Waals surface area contributed by atoms with Crippen molar-refractivity contribution >= 4 is 34.7 Å². The highest BCUT2D eigenvalue weighted by Gasteiger charge is 2.43. The summed E-state index contributed by atoms with van der Waals surface area (Å²) >= 11 is 0.718. The average molecular weight is 455 g/mol. The van der Waals surface area contributed by atoms with E-state index in [2.05, 4.69) is 0 Å². The first kappa shape index (κ1) is 22.9. The Morgan fingerprint density at radius 1 is 1.16 bits per heavy atom. The Morgan fingerprint density at radius 2 is 1.77 bits per heavy atom. The molecule has 1 unspecified atom stereocenters. The number of nitrogens with zero attached hydrogens (tertiary/aromatic N) is 2. The van der Waals surface area contributed by atoms with E-state index in [0.29, 0.717) is 5.57 Å². The van der Waals surface area contributed by atoms with Crippen molar-refractivity contribution in [1.82, 2.24) is 9.80 Å². The lowest BCUT2D eigenvalue weighted by Crippen LogP contribution is -2.46. The van der Waals surface area contributed by atoms with Crippen LogP contribution in [-0.4, -0.2) is 51.9 Å². The molecule has 2 fully saturated rings. The van der Waals surface area contributed by atoms with Crippen molar-refractivity contribution in [3.05, 3.63) is 45.9 Å². The van der Waals surface area contributed by atoms with E-state index in [1.165, 1.54) is 17.0 Å². The fourth-order valence-electron chi connectivity index (χ4n) is 3.67. The number of likely N-dealkylation sites (tertiary alicyclic amines) is 1. The van der Waals surface area contributed by atoms with Gasteiger partial charge in [-0.2, -0.15) is 13.2 Å². The summed E-state index contributed by atoms with van der Waals surface area (Å²) in [5.74, 6) is -2.11. The van der Waals surface area contributed by atoms with Crippen molar-refractivity contribution < 1.29 is 32.3 Å². The van der Waals surface area contributed by atoms with E-state index in [-0.39, 0.29) is 37.3 Å². The Balaban J connectivity index is 1.76. The molecule has 3 rings (SSSR count). The first-order chi connectivity index (χ1) is 14.6. The molecule has 11 heteroatoms. The zero-order chi connectivity index (χ0) is 22.9. The lowest BCUT2D eigenvalue weighted by atomic mass is 10.00. The van der Waals surface area contributed by atoms with Gasteiger partial charge in [0.1, 0.15) is 6.04 Å². The number of halogens is 3. The number of nitrogens with two attached hydrogens (primary N) is 1. The summed E-state index contributed by atoms with van der Waals surface area (Å²) in [6, 6.07) is 3.56. The van der Waals surface area contributed by atoms with Crippen LogP contribution in [0.15, 0.2) is 34.7 Å². The predicted molar refractivity (Wildman–Crippen MR) is 107 cm³/mol. The van der Waals surface area contributed by atoms with Gasteiger partial charge in [-0.15, -0.1) is 0 Å². The second-order valence-corrected chi connectivity index (χ2v) is 8.10. The van der Waals surface area contributed by atoms with Crippen LogP contribution >= 0.6 is 11.8 Å². The number of carbonyl (C=O) groups excluding carboxylic acids is 4. The number of carbonyl (C=O) groups is 4. The molecule has 2 aliphatic rings. The third-order valence-electron chi connectivity index (χ3n) is 5.26. The molecule has 4 amide bonds. The molecule has 0 radical (unpaired) electrons. The largest absolute Gasteiger partial charge is 0.417 e. The van der Waals surface area contributed by atoms with Crippen LogP contribution in [0.25, 0.3) is 0 Å². The minimum absolute atomic E-state index is 0.110. The van der Waals surface area contributed by atoms with Gasteiger partial charge in [-0.25, -0.2) is 0 Å².